The van der Waals surface area contributed by atoms with Gasteiger partial charge in [0, 0.05) is 32.1 Å². The summed E-state index contributed by atoms with van der Waals surface area (Å²) in [5.74, 6) is 1.83. The molecule has 7 aromatic carbocycles. The van der Waals surface area contributed by atoms with E-state index in [0.29, 0.717) is 0 Å². The number of nitrogens with zero attached hydrogens (tertiary/aromatic N) is 1. The molecule has 0 saturated heterocycles. The van der Waals surface area contributed by atoms with Gasteiger partial charge in [-0.3, -0.25) is 0 Å². The van der Waals surface area contributed by atoms with E-state index in [9.17, 15) is 0 Å². The normalized spacial score (nSPS) is 13.7. The third-order valence-electron chi connectivity index (χ3n) is 9.61. The number of hydrogen-bond acceptors (Lipinski definition) is 4. The van der Waals surface area contributed by atoms with Crippen molar-refractivity contribution in [1.29, 1.82) is 0 Å². The Bertz CT molecular complexity index is 2330. The van der Waals surface area contributed by atoms with Gasteiger partial charge in [0.1, 0.15) is 11.5 Å². The summed E-state index contributed by atoms with van der Waals surface area (Å²) in [6.07, 6.45) is 0. The molecule has 2 heterocycles. The maximum Gasteiger partial charge on any atom is 0.149 e. The van der Waals surface area contributed by atoms with Gasteiger partial charge in [0.05, 0.1) is 15.5 Å². The van der Waals surface area contributed by atoms with Crippen LogP contribution in [0.25, 0.3) is 22.3 Å². The van der Waals surface area contributed by atoms with E-state index in [1.807, 2.05) is 23.9 Å². The Kier molecular flexibility index (Phi) is 7.37. The lowest BCUT2D eigenvalue weighted by atomic mass is 9.77. The van der Waals surface area contributed by atoms with Crippen LogP contribution in [0.4, 0.5) is 17.1 Å². The number of benzene rings is 7. The predicted octanol–water partition coefficient (Wildman–Crippen LogP) is 13.5. The molecule has 0 bridgehead atoms. The molecule has 0 amide bonds. The van der Waals surface area contributed by atoms with Crippen LogP contribution in [0.1, 0.15) is 25.0 Å². The number of para-hydroxylation sites is 2. The number of hydrogen-bond donors (Lipinski definition) is 0. The summed E-state index contributed by atoms with van der Waals surface area (Å²) in [7, 11) is 0. The van der Waals surface area contributed by atoms with Gasteiger partial charge in [0.2, 0.25) is 0 Å². The van der Waals surface area contributed by atoms with Gasteiger partial charge in [-0.25, -0.2) is 0 Å². The average molecular weight is 668 g/mol. The lowest BCUT2D eigenvalue weighted by Crippen LogP contribution is -2.25. The molecule has 0 fully saturated rings. The average Bonchev–Trinajstić information content (AvgIpc) is 3.15. The minimum Gasteiger partial charge on any atom is -0.454 e. The van der Waals surface area contributed by atoms with Crippen LogP contribution >= 0.6 is 23.5 Å². The minimum atomic E-state index is -0.122. The van der Waals surface area contributed by atoms with Gasteiger partial charge >= 0.3 is 0 Å². The molecule has 49 heavy (non-hydrogen) atoms. The topological polar surface area (TPSA) is 12.5 Å². The number of ether oxygens (including phenoxy) is 1. The largest absolute Gasteiger partial charge is 0.454 e. The third kappa shape index (κ3) is 5.23. The van der Waals surface area contributed by atoms with Gasteiger partial charge in [-0.1, -0.05) is 147 Å². The van der Waals surface area contributed by atoms with Crippen molar-refractivity contribution in [2.45, 2.75) is 38.8 Å². The minimum absolute atomic E-state index is 0.122. The van der Waals surface area contributed by atoms with Crippen LogP contribution in [-0.4, -0.2) is 0 Å². The Hall–Kier alpha value is -5.16. The van der Waals surface area contributed by atoms with Crippen LogP contribution in [0.2, 0.25) is 0 Å². The van der Waals surface area contributed by atoms with Gasteiger partial charge in [0.15, 0.2) is 0 Å². The van der Waals surface area contributed by atoms with Crippen molar-refractivity contribution in [3.63, 3.8) is 0 Å². The fourth-order valence-electron chi connectivity index (χ4n) is 7.05. The molecule has 2 aliphatic rings. The summed E-state index contributed by atoms with van der Waals surface area (Å²) >= 11 is 3.64. The van der Waals surface area contributed by atoms with Gasteiger partial charge in [-0.05, 0) is 82.4 Å². The van der Waals surface area contributed by atoms with E-state index in [2.05, 4.69) is 170 Å². The number of anilines is 3. The molecule has 0 aromatic heterocycles. The quantitative estimate of drug-likeness (QED) is 0.181. The van der Waals surface area contributed by atoms with Crippen molar-refractivity contribution in [2.24, 2.45) is 0 Å². The van der Waals surface area contributed by atoms with E-state index >= 15 is 0 Å². The highest BCUT2D eigenvalue weighted by molar-refractivity contribution is 8.00. The first-order valence-corrected chi connectivity index (χ1v) is 18.2. The first kappa shape index (κ1) is 29.9. The molecule has 236 valence electrons. The second-order valence-electron chi connectivity index (χ2n) is 13.0. The van der Waals surface area contributed by atoms with E-state index in [1.165, 1.54) is 37.7 Å². The van der Waals surface area contributed by atoms with E-state index in [-0.39, 0.29) is 5.41 Å². The lowest BCUT2D eigenvalue weighted by Gasteiger charge is -2.37. The van der Waals surface area contributed by atoms with Crippen molar-refractivity contribution >= 4 is 40.6 Å². The number of fused-ring (bicyclic) bond motifs is 4. The second kappa shape index (κ2) is 12.1. The summed E-state index contributed by atoms with van der Waals surface area (Å²) in [5.41, 5.74) is 10.6. The molecule has 0 unspecified atom stereocenters. The summed E-state index contributed by atoms with van der Waals surface area (Å²) in [6.45, 7) is 4.70. The van der Waals surface area contributed by atoms with Gasteiger partial charge < -0.3 is 9.64 Å². The Morgan fingerprint density at radius 3 is 1.84 bits per heavy atom. The molecule has 7 aromatic rings. The molecule has 0 radical (unpaired) electrons. The summed E-state index contributed by atoms with van der Waals surface area (Å²) in [6, 6.07) is 58.8. The Morgan fingerprint density at radius 1 is 0.469 bits per heavy atom. The monoisotopic (exact) mass is 667 g/mol. The molecule has 0 aliphatic carbocycles. The molecule has 2 nitrogen and oxygen atoms in total. The zero-order valence-corrected chi connectivity index (χ0v) is 28.9. The fourth-order valence-corrected chi connectivity index (χ4v) is 9.54. The molecule has 9 rings (SSSR count). The Balaban J connectivity index is 1.15. The fraction of sp³-hybridized carbons (Fsp3) is 0.0667. The molecule has 4 heteroatoms. The first-order valence-electron chi connectivity index (χ1n) is 16.6. The van der Waals surface area contributed by atoms with Crippen LogP contribution in [0.3, 0.4) is 0 Å². The van der Waals surface area contributed by atoms with Crippen LogP contribution in [0.15, 0.2) is 183 Å². The predicted molar refractivity (Wildman–Crippen MR) is 205 cm³/mol. The molecule has 0 spiro atoms. The van der Waals surface area contributed by atoms with Crippen LogP contribution in [0, 0.1) is 0 Å². The third-order valence-corrected chi connectivity index (χ3v) is 11.9. The molecular weight excluding hydrogens is 635 g/mol. The first-order chi connectivity index (χ1) is 24.0. The van der Waals surface area contributed by atoms with Crippen LogP contribution in [0.5, 0.6) is 11.5 Å². The smallest absolute Gasteiger partial charge is 0.149 e. The second-order valence-corrected chi connectivity index (χ2v) is 15.1. The highest BCUT2D eigenvalue weighted by Crippen LogP contribution is 2.55. The maximum absolute atomic E-state index is 6.50. The van der Waals surface area contributed by atoms with Gasteiger partial charge in [-0.2, -0.15) is 0 Å². The highest BCUT2D eigenvalue weighted by Gasteiger charge is 2.35. The van der Waals surface area contributed by atoms with Crippen molar-refractivity contribution in [3.8, 4) is 33.8 Å². The molecule has 0 saturated carbocycles. The van der Waals surface area contributed by atoms with Gasteiger partial charge in [0.25, 0.3) is 0 Å². The van der Waals surface area contributed by atoms with Crippen molar-refractivity contribution in [3.05, 3.63) is 175 Å². The molecule has 0 N–H and O–H groups in total. The van der Waals surface area contributed by atoms with Crippen LogP contribution < -0.4 is 9.64 Å². The lowest BCUT2D eigenvalue weighted by molar-refractivity contribution is 0.456. The van der Waals surface area contributed by atoms with Crippen molar-refractivity contribution in [2.75, 3.05) is 4.90 Å². The Morgan fingerprint density at radius 2 is 1.06 bits per heavy atom. The maximum atomic E-state index is 6.50. The standard InChI is InChI=1S/C45H33NOS2/c1-45(2)36-15-6-8-19-40(36)49-44-37(45)16-11-17-38(44)46(33-26-22-31(23-27-33)30-12-4-3-5-13-30)34-28-24-32(25-29-34)35-14-10-21-42-43(35)47-39-18-7-9-20-41(39)48-42/h3-29H,1-2H3. The van der Waals surface area contributed by atoms with Crippen LogP contribution in [-0.2, 0) is 5.41 Å². The number of rotatable bonds is 5. The summed E-state index contributed by atoms with van der Waals surface area (Å²) in [5, 5.41) is 0. The van der Waals surface area contributed by atoms with E-state index in [1.54, 1.807) is 11.8 Å². The van der Waals surface area contributed by atoms with Gasteiger partial charge in [-0.15, -0.1) is 0 Å². The van der Waals surface area contributed by atoms with E-state index in [4.69, 9.17) is 4.74 Å². The van der Waals surface area contributed by atoms with Crippen molar-refractivity contribution in [1.82, 2.24) is 0 Å². The van der Waals surface area contributed by atoms with E-state index in [0.717, 1.165) is 43.8 Å². The summed E-state index contributed by atoms with van der Waals surface area (Å²) < 4.78 is 6.50. The van der Waals surface area contributed by atoms with Crippen molar-refractivity contribution < 1.29 is 4.74 Å². The SMILES string of the molecule is CC1(C)c2ccccc2Sc2c(N(c3ccc(-c4ccccc4)cc3)c3ccc(-c4cccc5c4Oc4ccccc4S5)cc3)cccc21. The zero-order chi connectivity index (χ0) is 33.0. The molecule has 0 atom stereocenters. The van der Waals surface area contributed by atoms with E-state index < -0.39 is 0 Å². The zero-order valence-electron chi connectivity index (χ0n) is 27.3. The Labute approximate surface area is 296 Å². The molecular formula is C45H33NOS2. The molecule has 2 aliphatic heterocycles. The summed E-state index contributed by atoms with van der Waals surface area (Å²) in [4.78, 5) is 7.30. The highest BCUT2D eigenvalue weighted by atomic mass is 32.2.